The lowest BCUT2D eigenvalue weighted by Gasteiger charge is -2.19. The minimum absolute atomic E-state index is 0.257. The van der Waals surface area contributed by atoms with E-state index in [1.54, 1.807) is 0 Å². The van der Waals surface area contributed by atoms with Crippen molar-refractivity contribution in [3.8, 4) is 0 Å². The van der Waals surface area contributed by atoms with Crippen LogP contribution in [-0.4, -0.2) is 28.7 Å². The smallest absolute Gasteiger partial charge is 0.0940 e. The van der Waals surface area contributed by atoms with Gasteiger partial charge in [0.15, 0.2) is 0 Å². The summed E-state index contributed by atoms with van der Waals surface area (Å²) in [7, 11) is 2.82. The molecule has 0 spiro atoms. The summed E-state index contributed by atoms with van der Waals surface area (Å²) in [5, 5.41) is 10.3. The maximum atomic E-state index is 12.5. The predicted molar refractivity (Wildman–Crippen MR) is 86.1 cm³/mol. The molecular formula is C17H19NO2S. The molecule has 21 heavy (non-hydrogen) atoms. The SMILES string of the molecule is CN(C)c1ccc([C@H](O)[C@H]2Cc3ccccc3S2=O)cc1. The molecule has 2 aromatic carbocycles. The molecule has 0 bridgehead atoms. The molecule has 2 aromatic rings. The van der Waals surface area contributed by atoms with Gasteiger partial charge in [-0.15, -0.1) is 0 Å². The van der Waals surface area contributed by atoms with E-state index < -0.39 is 16.9 Å². The van der Waals surface area contributed by atoms with E-state index >= 15 is 0 Å². The minimum Gasteiger partial charge on any atom is -0.387 e. The van der Waals surface area contributed by atoms with Crippen molar-refractivity contribution in [2.75, 3.05) is 19.0 Å². The highest BCUT2D eigenvalue weighted by Gasteiger charge is 2.34. The van der Waals surface area contributed by atoms with Gasteiger partial charge in [-0.3, -0.25) is 4.21 Å². The Morgan fingerprint density at radius 2 is 1.81 bits per heavy atom. The molecule has 0 saturated carbocycles. The van der Waals surface area contributed by atoms with Crippen LogP contribution >= 0.6 is 0 Å². The monoisotopic (exact) mass is 301 g/mol. The number of anilines is 1. The van der Waals surface area contributed by atoms with Crippen LogP contribution in [0.3, 0.4) is 0 Å². The molecule has 3 rings (SSSR count). The van der Waals surface area contributed by atoms with E-state index in [1.807, 2.05) is 67.5 Å². The summed E-state index contributed by atoms with van der Waals surface area (Å²) in [4.78, 5) is 2.88. The molecule has 0 fully saturated rings. The molecule has 0 amide bonds. The number of rotatable bonds is 3. The van der Waals surface area contributed by atoms with E-state index in [1.165, 1.54) is 0 Å². The fourth-order valence-corrected chi connectivity index (χ4v) is 4.41. The van der Waals surface area contributed by atoms with E-state index in [9.17, 15) is 9.32 Å². The Bertz CT molecular complexity index is 667. The fraction of sp³-hybridized carbons (Fsp3) is 0.294. The lowest BCUT2D eigenvalue weighted by atomic mass is 10.0. The van der Waals surface area contributed by atoms with E-state index in [4.69, 9.17) is 0 Å². The van der Waals surface area contributed by atoms with E-state index in [2.05, 4.69) is 0 Å². The van der Waals surface area contributed by atoms with Gasteiger partial charge in [-0.05, 0) is 35.7 Å². The van der Waals surface area contributed by atoms with Crippen LogP contribution in [0.5, 0.6) is 0 Å². The first-order valence-electron chi connectivity index (χ1n) is 7.02. The molecule has 1 aliphatic heterocycles. The van der Waals surface area contributed by atoms with Gasteiger partial charge in [0.2, 0.25) is 0 Å². The Labute approximate surface area is 127 Å². The number of aliphatic hydroxyl groups is 1. The van der Waals surface area contributed by atoms with Gasteiger partial charge in [-0.1, -0.05) is 30.3 Å². The first kappa shape index (κ1) is 14.3. The second-order valence-electron chi connectivity index (χ2n) is 5.58. The quantitative estimate of drug-likeness (QED) is 0.947. The Morgan fingerprint density at radius 3 is 2.43 bits per heavy atom. The van der Waals surface area contributed by atoms with Crippen LogP contribution in [-0.2, 0) is 17.2 Å². The fourth-order valence-electron chi connectivity index (χ4n) is 2.74. The molecule has 1 heterocycles. The van der Waals surface area contributed by atoms with Crippen molar-refractivity contribution in [2.45, 2.75) is 22.7 Å². The summed E-state index contributed by atoms with van der Waals surface area (Å²) in [5.41, 5.74) is 3.00. The number of nitrogens with zero attached hydrogens (tertiary/aromatic N) is 1. The minimum atomic E-state index is -1.14. The van der Waals surface area contributed by atoms with Gasteiger partial charge in [-0.2, -0.15) is 0 Å². The Hall–Kier alpha value is -1.65. The third-order valence-electron chi connectivity index (χ3n) is 3.99. The van der Waals surface area contributed by atoms with Crippen LogP contribution in [0.1, 0.15) is 17.2 Å². The normalized spacial score (nSPS) is 21.9. The molecule has 1 aliphatic rings. The molecule has 0 aromatic heterocycles. The van der Waals surface area contributed by atoms with Crippen LogP contribution in [0.15, 0.2) is 53.4 Å². The predicted octanol–water partition coefficient (Wildman–Crippen LogP) is 2.52. The highest BCUT2D eigenvalue weighted by molar-refractivity contribution is 7.86. The van der Waals surface area contributed by atoms with Crippen molar-refractivity contribution < 1.29 is 9.32 Å². The third-order valence-corrected chi connectivity index (χ3v) is 5.79. The van der Waals surface area contributed by atoms with Crippen LogP contribution in [0, 0.1) is 0 Å². The lowest BCUT2D eigenvalue weighted by molar-refractivity contribution is 0.173. The molecule has 0 aliphatic carbocycles. The van der Waals surface area contributed by atoms with Crippen molar-refractivity contribution >= 4 is 16.5 Å². The van der Waals surface area contributed by atoms with Gasteiger partial charge in [0.1, 0.15) is 0 Å². The Balaban J connectivity index is 1.84. The van der Waals surface area contributed by atoms with Crippen molar-refractivity contribution in [3.63, 3.8) is 0 Å². The van der Waals surface area contributed by atoms with E-state index in [0.717, 1.165) is 21.7 Å². The van der Waals surface area contributed by atoms with Gasteiger partial charge in [0.05, 0.1) is 22.2 Å². The summed E-state index contributed by atoms with van der Waals surface area (Å²) in [6.45, 7) is 0. The van der Waals surface area contributed by atoms with Gasteiger partial charge in [0.25, 0.3) is 0 Å². The summed E-state index contributed by atoms with van der Waals surface area (Å²) in [6, 6.07) is 15.5. The molecular weight excluding hydrogens is 282 g/mol. The molecule has 1 N–H and O–H groups in total. The van der Waals surface area contributed by atoms with Crippen molar-refractivity contribution in [1.29, 1.82) is 0 Å². The number of hydrogen-bond donors (Lipinski definition) is 1. The van der Waals surface area contributed by atoms with E-state index in [0.29, 0.717) is 6.42 Å². The topological polar surface area (TPSA) is 40.5 Å². The van der Waals surface area contributed by atoms with Gasteiger partial charge >= 0.3 is 0 Å². The lowest BCUT2D eigenvalue weighted by Crippen LogP contribution is -2.21. The maximum absolute atomic E-state index is 12.5. The zero-order valence-corrected chi connectivity index (χ0v) is 13.0. The highest BCUT2D eigenvalue weighted by atomic mass is 32.2. The van der Waals surface area contributed by atoms with Crippen LogP contribution < -0.4 is 4.90 Å². The average Bonchev–Trinajstić information content (AvgIpc) is 2.84. The summed E-state index contributed by atoms with van der Waals surface area (Å²) < 4.78 is 12.5. The van der Waals surface area contributed by atoms with Crippen molar-refractivity contribution in [1.82, 2.24) is 0 Å². The van der Waals surface area contributed by atoms with Crippen LogP contribution in [0.25, 0.3) is 0 Å². The molecule has 3 atom stereocenters. The Kier molecular flexibility index (Phi) is 3.83. The second kappa shape index (κ2) is 5.62. The van der Waals surface area contributed by atoms with E-state index in [-0.39, 0.29) is 5.25 Å². The molecule has 0 radical (unpaired) electrons. The number of hydrogen-bond acceptors (Lipinski definition) is 3. The second-order valence-corrected chi connectivity index (χ2v) is 7.22. The van der Waals surface area contributed by atoms with Gasteiger partial charge in [-0.25, -0.2) is 0 Å². The third kappa shape index (κ3) is 2.61. The molecule has 3 nitrogen and oxygen atoms in total. The maximum Gasteiger partial charge on any atom is 0.0940 e. The first-order valence-corrected chi connectivity index (χ1v) is 8.23. The average molecular weight is 301 g/mol. The first-order chi connectivity index (χ1) is 10.1. The Morgan fingerprint density at radius 1 is 1.14 bits per heavy atom. The van der Waals surface area contributed by atoms with Crippen LogP contribution in [0.2, 0.25) is 0 Å². The number of aliphatic hydroxyl groups excluding tert-OH is 1. The summed E-state index contributed by atoms with van der Waals surface area (Å²) >= 11 is 0. The molecule has 4 heteroatoms. The highest BCUT2D eigenvalue weighted by Crippen LogP contribution is 2.35. The van der Waals surface area contributed by atoms with Crippen molar-refractivity contribution in [2.24, 2.45) is 0 Å². The van der Waals surface area contributed by atoms with Crippen molar-refractivity contribution in [3.05, 3.63) is 59.7 Å². The number of benzene rings is 2. The van der Waals surface area contributed by atoms with Gasteiger partial charge < -0.3 is 10.0 Å². The standard InChI is InChI=1S/C17H19NO2S/c1-18(2)14-9-7-12(8-10-14)17(19)16-11-13-5-3-4-6-15(13)21(16)20/h3-10,16-17,19H,11H2,1-2H3/t16-,17+,21?/m1/s1. The zero-order chi connectivity index (χ0) is 15.0. The van der Waals surface area contributed by atoms with Gasteiger partial charge in [0, 0.05) is 24.7 Å². The number of fused-ring (bicyclic) bond motifs is 1. The zero-order valence-electron chi connectivity index (χ0n) is 12.2. The molecule has 110 valence electrons. The summed E-state index contributed by atoms with van der Waals surface area (Å²) in [5.74, 6) is 0. The molecule has 1 unspecified atom stereocenters. The largest absolute Gasteiger partial charge is 0.387 e. The summed E-state index contributed by atoms with van der Waals surface area (Å²) in [6.07, 6.45) is -0.0335. The molecule has 0 saturated heterocycles. The van der Waals surface area contributed by atoms with Crippen LogP contribution in [0.4, 0.5) is 5.69 Å².